The third-order valence-corrected chi connectivity index (χ3v) is 5.94. The highest BCUT2D eigenvalue weighted by Gasteiger charge is 2.31. The van der Waals surface area contributed by atoms with Crippen LogP contribution in [0.1, 0.15) is 36.8 Å². The summed E-state index contributed by atoms with van der Waals surface area (Å²) in [6.45, 7) is 3.13. The van der Waals surface area contributed by atoms with Crippen molar-refractivity contribution in [2.45, 2.75) is 37.8 Å². The fourth-order valence-corrected chi connectivity index (χ4v) is 4.10. The van der Waals surface area contributed by atoms with Gasteiger partial charge in [0.15, 0.2) is 0 Å². The topological polar surface area (TPSA) is 73.4 Å². The minimum absolute atomic E-state index is 0.0847. The van der Waals surface area contributed by atoms with E-state index < -0.39 is 6.04 Å². The van der Waals surface area contributed by atoms with Crippen molar-refractivity contribution in [2.75, 3.05) is 26.2 Å². The molecule has 1 heterocycles. The highest BCUT2D eigenvalue weighted by Crippen LogP contribution is 2.18. The minimum atomic E-state index is -0.541. The molecular formula is C28H34N4O. The summed E-state index contributed by atoms with van der Waals surface area (Å²) < 4.78 is 0. The minimum Gasteiger partial charge on any atom is -0.325 e. The van der Waals surface area contributed by atoms with Crippen molar-refractivity contribution < 1.29 is 4.79 Å². The van der Waals surface area contributed by atoms with E-state index in [-0.39, 0.29) is 11.9 Å². The van der Waals surface area contributed by atoms with Gasteiger partial charge in [-0.2, -0.15) is 5.26 Å². The molecule has 0 saturated carbocycles. The molecule has 1 saturated heterocycles. The number of carbonyl (C=O) groups excluding carboxylic acids is 1. The molecule has 2 atom stereocenters. The number of amides is 1. The van der Waals surface area contributed by atoms with Crippen LogP contribution in [-0.4, -0.2) is 54.0 Å². The number of nitrogens with two attached hydrogens (primary N) is 1. The maximum Gasteiger partial charge on any atom is 0.240 e. The van der Waals surface area contributed by atoms with E-state index in [1.807, 2.05) is 36.4 Å². The van der Waals surface area contributed by atoms with E-state index in [0.717, 1.165) is 38.9 Å². The van der Waals surface area contributed by atoms with Crippen LogP contribution in [0.5, 0.6) is 0 Å². The zero-order valence-corrected chi connectivity index (χ0v) is 19.2. The number of likely N-dealkylation sites (tertiary alicyclic amines) is 1. The van der Waals surface area contributed by atoms with Gasteiger partial charge in [0.2, 0.25) is 5.91 Å². The van der Waals surface area contributed by atoms with Gasteiger partial charge in [-0.15, -0.1) is 0 Å². The lowest BCUT2D eigenvalue weighted by Gasteiger charge is -2.24. The molecule has 0 aromatic heterocycles. The van der Waals surface area contributed by atoms with E-state index in [2.05, 4.69) is 59.5 Å². The Labute approximate surface area is 197 Å². The van der Waals surface area contributed by atoms with Crippen LogP contribution in [-0.2, 0) is 4.79 Å². The Morgan fingerprint density at radius 2 is 1.64 bits per heavy atom. The van der Waals surface area contributed by atoms with Crippen LogP contribution in [0.25, 0.3) is 12.2 Å². The predicted molar refractivity (Wildman–Crippen MR) is 135 cm³/mol. The van der Waals surface area contributed by atoms with Crippen LogP contribution >= 0.6 is 0 Å². The summed E-state index contributed by atoms with van der Waals surface area (Å²) in [5, 5.41) is 9.24. The zero-order chi connectivity index (χ0) is 23.3. The SMILES string of the molecule is N#C[C@@H]1CCCN1C(=O)[C@@H](N)CCCN(CC=Cc1ccccc1)CC=Cc1ccccc1. The molecule has 2 N–H and O–H groups in total. The summed E-state index contributed by atoms with van der Waals surface area (Å²) >= 11 is 0. The maximum absolute atomic E-state index is 12.7. The van der Waals surface area contributed by atoms with Crippen molar-refractivity contribution in [2.24, 2.45) is 5.73 Å². The van der Waals surface area contributed by atoms with E-state index in [0.29, 0.717) is 13.0 Å². The maximum atomic E-state index is 12.7. The van der Waals surface area contributed by atoms with Gasteiger partial charge < -0.3 is 10.6 Å². The molecule has 0 bridgehead atoms. The second-order valence-electron chi connectivity index (χ2n) is 8.45. The third kappa shape index (κ3) is 8.02. The molecule has 0 radical (unpaired) electrons. The van der Waals surface area contributed by atoms with Crippen LogP contribution in [0.2, 0.25) is 0 Å². The van der Waals surface area contributed by atoms with Crippen LogP contribution < -0.4 is 5.73 Å². The molecule has 2 aromatic carbocycles. The number of nitrogens with zero attached hydrogens (tertiary/aromatic N) is 3. The first-order valence-corrected chi connectivity index (χ1v) is 11.8. The second-order valence-corrected chi connectivity index (χ2v) is 8.45. The number of rotatable bonds is 11. The van der Waals surface area contributed by atoms with Gasteiger partial charge in [0.05, 0.1) is 12.1 Å². The number of hydrogen-bond acceptors (Lipinski definition) is 4. The van der Waals surface area contributed by atoms with Gasteiger partial charge in [-0.25, -0.2) is 0 Å². The molecule has 1 aliphatic rings. The molecule has 33 heavy (non-hydrogen) atoms. The Hall–Kier alpha value is -3.20. The molecule has 3 rings (SSSR count). The van der Waals surface area contributed by atoms with E-state index in [1.165, 1.54) is 11.1 Å². The van der Waals surface area contributed by atoms with E-state index >= 15 is 0 Å². The summed E-state index contributed by atoms with van der Waals surface area (Å²) in [4.78, 5) is 16.7. The number of carbonyl (C=O) groups is 1. The smallest absolute Gasteiger partial charge is 0.240 e. The second kappa shape index (κ2) is 13.4. The normalized spacial score (nSPS) is 17.1. The van der Waals surface area contributed by atoms with E-state index in [9.17, 15) is 10.1 Å². The van der Waals surface area contributed by atoms with Crippen molar-refractivity contribution in [3.8, 4) is 6.07 Å². The highest BCUT2D eigenvalue weighted by molar-refractivity contribution is 5.82. The van der Waals surface area contributed by atoms with Crippen molar-refractivity contribution >= 4 is 18.1 Å². The highest BCUT2D eigenvalue weighted by atomic mass is 16.2. The van der Waals surface area contributed by atoms with Crippen molar-refractivity contribution in [1.29, 1.82) is 5.26 Å². The lowest BCUT2D eigenvalue weighted by atomic mass is 10.1. The molecule has 1 amide bonds. The third-order valence-electron chi connectivity index (χ3n) is 5.94. The molecule has 1 fully saturated rings. The lowest BCUT2D eigenvalue weighted by Crippen LogP contribution is -2.45. The van der Waals surface area contributed by atoms with Crippen LogP contribution in [0.3, 0.4) is 0 Å². The molecule has 5 nitrogen and oxygen atoms in total. The van der Waals surface area contributed by atoms with Crippen LogP contribution in [0, 0.1) is 11.3 Å². The number of hydrogen-bond donors (Lipinski definition) is 1. The standard InChI is InChI=1S/C28H34N4O/c29-23-26-17-9-22-32(26)28(33)27(30)18-10-21-31(19-7-15-24-11-3-1-4-12-24)20-8-16-25-13-5-2-6-14-25/h1-8,11-16,26-27H,9-10,17-22,30H2/t26-,27-/m0/s1. The molecule has 0 unspecified atom stereocenters. The Morgan fingerprint density at radius 3 is 2.18 bits per heavy atom. The Morgan fingerprint density at radius 1 is 1.06 bits per heavy atom. The Bertz CT molecular complexity index is 897. The average Bonchev–Trinajstić information content (AvgIpc) is 3.33. The molecular weight excluding hydrogens is 408 g/mol. The van der Waals surface area contributed by atoms with Gasteiger partial charge in [-0.1, -0.05) is 85.0 Å². The summed E-state index contributed by atoms with van der Waals surface area (Å²) in [5.41, 5.74) is 8.57. The van der Waals surface area contributed by atoms with Crippen LogP contribution in [0.4, 0.5) is 0 Å². The Balaban J connectivity index is 1.52. The van der Waals surface area contributed by atoms with Crippen molar-refractivity contribution in [3.05, 3.63) is 83.9 Å². The van der Waals surface area contributed by atoms with Gasteiger partial charge in [0.25, 0.3) is 0 Å². The van der Waals surface area contributed by atoms with E-state index in [4.69, 9.17) is 5.73 Å². The largest absolute Gasteiger partial charge is 0.325 e. The lowest BCUT2D eigenvalue weighted by molar-refractivity contribution is -0.132. The van der Waals surface area contributed by atoms with Crippen molar-refractivity contribution in [3.63, 3.8) is 0 Å². The molecule has 0 aliphatic carbocycles. The molecule has 2 aromatic rings. The van der Waals surface area contributed by atoms with Gasteiger partial charge in [0.1, 0.15) is 6.04 Å². The predicted octanol–water partition coefficient (Wildman–Crippen LogP) is 4.34. The molecule has 5 heteroatoms. The number of nitriles is 1. The quantitative estimate of drug-likeness (QED) is 0.562. The van der Waals surface area contributed by atoms with Crippen LogP contribution in [0.15, 0.2) is 72.8 Å². The summed E-state index contributed by atoms with van der Waals surface area (Å²) in [6, 6.07) is 21.9. The monoisotopic (exact) mass is 442 g/mol. The fourth-order valence-electron chi connectivity index (χ4n) is 4.10. The zero-order valence-electron chi connectivity index (χ0n) is 19.2. The number of benzene rings is 2. The van der Waals surface area contributed by atoms with Gasteiger partial charge in [-0.3, -0.25) is 9.69 Å². The molecule has 1 aliphatic heterocycles. The first-order valence-electron chi connectivity index (χ1n) is 11.8. The summed E-state index contributed by atoms with van der Waals surface area (Å²) in [7, 11) is 0. The fraction of sp³-hybridized carbons (Fsp3) is 0.357. The average molecular weight is 443 g/mol. The van der Waals surface area contributed by atoms with E-state index in [1.54, 1.807) is 4.90 Å². The van der Waals surface area contributed by atoms with Gasteiger partial charge >= 0.3 is 0 Å². The molecule has 172 valence electrons. The first-order chi connectivity index (χ1) is 16.2. The van der Waals surface area contributed by atoms with Gasteiger partial charge in [0, 0.05) is 19.6 Å². The molecule has 0 spiro atoms. The first kappa shape index (κ1) is 24.4. The summed E-state index contributed by atoms with van der Waals surface area (Å²) in [5.74, 6) is -0.0847. The van der Waals surface area contributed by atoms with Gasteiger partial charge in [-0.05, 0) is 43.4 Å². The Kier molecular flexibility index (Phi) is 9.90. The summed E-state index contributed by atoms with van der Waals surface area (Å²) in [6.07, 6.45) is 11.7. The van der Waals surface area contributed by atoms with Crippen molar-refractivity contribution in [1.82, 2.24) is 9.80 Å².